The summed E-state index contributed by atoms with van der Waals surface area (Å²) < 4.78 is 26.6. The Bertz CT molecular complexity index is 1040. The van der Waals surface area contributed by atoms with Gasteiger partial charge < -0.3 is 9.88 Å². The summed E-state index contributed by atoms with van der Waals surface area (Å²) in [5.41, 5.74) is 2.17. The molecule has 4 rings (SSSR count). The Kier molecular flexibility index (Phi) is 4.34. The molecule has 1 aliphatic carbocycles. The van der Waals surface area contributed by atoms with Gasteiger partial charge in [0.1, 0.15) is 0 Å². The van der Waals surface area contributed by atoms with Gasteiger partial charge >= 0.3 is 0 Å². The van der Waals surface area contributed by atoms with E-state index in [0.29, 0.717) is 12.1 Å². The predicted molar refractivity (Wildman–Crippen MR) is 99.8 cm³/mol. The highest BCUT2D eigenvalue weighted by molar-refractivity contribution is 7.90. The van der Waals surface area contributed by atoms with Crippen LogP contribution in [0.25, 0.3) is 10.9 Å². The van der Waals surface area contributed by atoms with Crippen LogP contribution >= 0.6 is 0 Å². The minimum Gasteiger partial charge on any atom is -0.355 e. The van der Waals surface area contributed by atoms with Gasteiger partial charge in [-0.2, -0.15) is 0 Å². The third-order valence-electron chi connectivity index (χ3n) is 5.13. The van der Waals surface area contributed by atoms with Crippen molar-refractivity contribution < 1.29 is 13.2 Å². The van der Waals surface area contributed by atoms with E-state index >= 15 is 0 Å². The van der Waals surface area contributed by atoms with E-state index in [0.717, 1.165) is 42.1 Å². The first-order chi connectivity index (χ1) is 12.4. The molecule has 2 aromatic rings. The Balaban J connectivity index is 1.56. The van der Waals surface area contributed by atoms with Crippen molar-refractivity contribution in [3.63, 3.8) is 0 Å². The number of aryl methyl sites for hydroxylation is 2. The molecule has 0 atom stereocenters. The smallest absolute Gasteiger partial charge is 0.255 e. The molecule has 0 spiro atoms. The average molecular weight is 374 g/mol. The lowest BCUT2D eigenvalue weighted by Gasteiger charge is -2.20. The van der Waals surface area contributed by atoms with Gasteiger partial charge in [-0.3, -0.25) is 9.59 Å². The number of hydrogen-bond donors (Lipinski definition) is 1. The van der Waals surface area contributed by atoms with Gasteiger partial charge in [0.15, 0.2) is 9.84 Å². The number of nitrogens with one attached hydrogen (secondary N) is 1. The lowest BCUT2D eigenvalue weighted by Crippen LogP contribution is -2.32. The molecule has 1 saturated carbocycles. The summed E-state index contributed by atoms with van der Waals surface area (Å²) >= 11 is 0. The second-order valence-electron chi connectivity index (χ2n) is 7.24. The van der Waals surface area contributed by atoms with Crippen molar-refractivity contribution in [2.45, 2.75) is 38.0 Å². The van der Waals surface area contributed by atoms with Crippen LogP contribution < -0.4 is 10.9 Å². The van der Waals surface area contributed by atoms with Crippen LogP contribution in [0.4, 0.5) is 0 Å². The molecule has 1 amide bonds. The number of rotatable bonds is 6. The van der Waals surface area contributed by atoms with E-state index in [1.54, 1.807) is 10.6 Å². The van der Waals surface area contributed by atoms with Gasteiger partial charge in [0.2, 0.25) is 5.91 Å². The van der Waals surface area contributed by atoms with E-state index in [2.05, 4.69) is 5.32 Å². The highest BCUT2D eigenvalue weighted by Gasteiger charge is 2.29. The molecular formula is C19H22N2O4S. The van der Waals surface area contributed by atoms with E-state index in [1.807, 2.05) is 18.2 Å². The van der Waals surface area contributed by atoms with Crippen LogP contribution in [0.15, 0.2) is 29.1 Å². The molecule has 0 unspecified atom stereocenters. The maximum absolute atomic E-state index is 12.8. The lowest BCUT2D eigenvalue weighted by molar-refractivity contribution is -0.122. The first kappa shape index (κ1) is 17.3. The number of sulfone groups is 1. The molecule has 26 heavy (non-hydrogen) atoms. The molecule has 0 saturated heterocycles. The molecule has 7 heteroatoms. The SMILES string of the molecule is O=C(NCCS(=O)(=O)Cc1cc2cccc3c2n(c1=O)CCC3)C1CC1. The first-order valence-electron chi connectivity index (χ1n) is 9.07. The molecular weight excluding hydrogens is 352 g/mol. The zero-order chi connectivity index (χ0) is 18.3. The minimum atomic E-state index is -3.47. The van der Waals surface area contributed by atoms with E-state index in [4.69, 9.17) is 0 Å². The summed E-state index contributed by atoms with van der Waals surface area (Å²) in [5, 5.41) is 3.58. The maximum atomic E-state index is 12.8. The minimum absolute atomic E-state index is 0.0603. The topological polar surface area (TPSA) is 85.2 Å². The van der Waals surface area contributed by atoms with Gasteiger partial charge in [0.05, 0.1) is 17.0 Å². The van der Waals surface area contributed by atoms with Gasteiger partial charge in [-0.25, -0.2) is 8.42 Å². The van der Waals surface area contributed by atoms with Gasteiger partial charge in [-0.15, -0.1) is 0 Å². The van der Waals surface area contributed by atoms with Crippen molar-refractivity contribution in [3.05, 3.63) is 45.7 Å². The summed E-state index contributed by atoms with van der Waals surface area (Å²) in [6.45, 7) is 0.723. The van der Waals surface area contributed by atoms with E-state index in [9.17, 15) is 18.0 Å². The van der Waals surface area contributed by atoms with Crippen molar-refractivity contribution in [3.8, 4) is 0 Å². The number of aromatic nitrogens is 1. The summed E-state index contributed by atoms with van der Waals surface area (Å²) in [5.74, 6) is -0.443. The van der Waals surface area contributed by atoms with Crippen LogP contribution in [0.1, 0.15) is 30.4 Å². The van der Waals surface area contributed by atoms with Gasteiger partial charge in [0, 0.05) is 24.6 Å². The summed E-state index contributed by atoms with van der Waals surface area (Å²) in [7, 11) is -3.47. The Morgan fingerprint density at radius 1 is 1.27 bits per heavy atom. The highest BCUT2D eigenvalue weighted by Crippen LogP contribution is 2.28. The van der Waals surface area contributed by atoms with Gasteiger partial charge in [0.25, 0.3) is 5.56 Å². The molecule has 1 N–H and O–H groups in total. The zero-order valence-corrected chi connectivity index (χ0v) is 15.3. The number of carbonyl (C=O) groups is 1. The zero-order valence-electron chi connectivity index (χ0n) is 14.5. The fraction of sp³-hybridized carbons (Fsp3) is 0.474. The van der Waals surface area contributed by atoms with E-state index < -0.39 is 9.84 Å². The quantitative estimate of drug-likeness (QED) is 0.828. The van der Waals surface area contributed by atoms with Crippen LogP contribution in [0.5, 0.6) is 0 Å². The van der Waals surface area contributed by atoms with Crippen molar-refractivity contribution in [2.24, 2.45) is 5.92 Å². The van der Waals surface area contributed by atoms with Crippen LogP contribution in [0.2, 0.25) is 0 Å². The Morgan fingerprint density at radius 2 is 2.08 bits per heavy atom. The van der Waals surface area contributed by atoms with Crippen LogP contribution in [0.3, 0.4) is 0 Å². The normalized spacial score (nSPS) is 16.6. The molecule has 2 heterocycles. The largest absolute Gasteiger partial charge is 0.355 e. The molecule has 1 aromatic carbocycles. The number of nitrogens with zero attached hydrogens (tertiary/aromatic N) is 1. The monoisotopic (exact) mass is 374 g/mol. The fourth-order valence-electron chi connectivity index (χ4n) is 3.66. The molecule has 1 fully saturated rings. The second kappa shape index (κ2) is 6.54. The van der Waals surface area contributed by atoms with Crippen LogP contribution in [-0.2, 0) is 33.4 Å². The molecule has 138 valence electrons. The Hall–Kier alpha value is -2.15. The summed E-state index contributed by atoms with van der Waals surface area (Å²) in [6.07, 6.45) is 3.60. The van der Waals surface area contributed by atoms with E-state index in [1.165, 1.54) is 0 Å². The van der Waals surface area contributed by atoms with E-state index in [-0.39, 0.29) is 35.4 Å². The van der Waals surface area contributed by atoms with Crippen molar-refractivity contribution in [1.82, 2.24) is 9.88 Å². The molecule has 0 bridgehead atoms. The van der Waals surface area contributed by atoms with Crippen molar-refractivity contribution in [2.75, 3.05) is 12.3 Å². The third kappa shape index (κ3) is 3.40. The fourth-order valence-corrected chi connectivity index (χ4v) is 4.89. The number of para-hydroxylation sites is 1. The molecule has 2 aliphatic rings. The van der Waals surface area contributed by atoms with Crippen molar-refractivity contribution >= 4 is 26.6 Å². The Labute approximate surface area is 152 Å². The number of hydrogen-bond acceptors (Lipinski definition) is 4. The molecule has 1 aliphatic heterocycles. The predicted octanol–water partition coefficient (Wildman–Crippen LogP) is 1.39. The second-order valence-corrected chi connectivity index (χ2v) is 9.43. The number of pyridine rings is 1. The van der Waals surface area contributed by atoms with Gasteiger partial charge in [-0.05, 0) is 42.7 Å². The maximum Gasteiger partial charge on any atom is 0.255 e. The lowest BCUT2D eigenvalue weighted by atomic mass is 10.0. The van der Waals surface area contributed by atoms with Crippen molar-refractivity contribution in [1.29, 1.82) is 0 Å². The van der Waals surface area contributed by atoms with Crippen LogP contribution in [0, 0.1) is 5.92 Å². The molecule has 6 nitrogen and oxygen atoms in total. The number of carbonyl (C=O) groups excluding carboxylic acids is 1. The summed E-state index contributed by atoms with van der Waals surface area (Å²) in [6, 6.07) is 7.61. The molecule has 0 radical (unpaired) electrons. The Morgan fingerprint density at radius 3 is 2.85 bits per heavy atom. The number of benzene rings is 1. The van der Waals surface area contributed by atoms with Gasteiger partial charge in [-0.1, -0.05) is 18.2 Å². The first-order valence-corrected chi connectivity index (χ1v) is 10.9. The standard InChI is InChI=1S/C19H22N2O4S/c22-18(14-6-7-14)20-8-10-26(24,25)12-16-11-15-4-1-3-13-5-2-9-21(17(13)15)19(16)23/h1,3-4,11,14H,2,5-10,12H2,(H,20,22). The van der Waals surface area contributed by atoms with Crippen LogP contribution in [-0.4, -0.2) is 31.2 Å². The average Bonchev–Trinajstić information content (AvgIpc) is 3.44. The molecule has 1 aromatic heterocycles. The highest BCUT2D eigenvalue weighted by atomic mass is 32.2. The summed E-state index contributed by atoms with van der Waals surface area (Å²) in [4.78, 5) is 24.4. The third-order valence-corrected chi connectivity index (χ3v) is 6.71. The number of amides is 1.